The Morgan fingerprint density at radius 2 is 2.05 bits per heavy atom. The molecule has 0 aromatic carbocycles. The van der Waals surface area contributed by atoms with Gasteiger partial charge in [-0.15, -0.1) is 13.2 Å². The zero-order valence-corrected chi connectivity index (χ0v) is 13.2. The molecule has 2 N–H and O–H groups in total. The number of nitrogens with zero attached hydrogens (tertiary/aromatic N) is 2. The molecule has 0 unspecified atom stereocenters. The lowest BCUT2D eigenvalue weighted by atomic mass is 10.2. The van der Waals surface area contributed by atoms with Crippen molar-refractivity contribution in [3.05, 3.63) is 67.8 Å². The van der Waals surface area contributed by atoms with Gasteiger partial charge in [0.2, 0.25) is 0 Å². The zero-order valence-electron chi connectivity index (χ0n) is 13.2. The van der Waals surface area contributed by atoms with Crippen LogP contribution in [-0.2, 0) is 13.0 Å². The van der Waals surface area contributed by atoms with E-state index in [9.17, 15) is 0 Å². The van der Waals surface area contributed by atoms with E-state index in [-0.39, 0.29) is 0 Å². The summed E-state index contributed by atoms with van der Waals surface area (Å²) in [5.41, 5.74) is 7.92. The highest BCUT2D eigenvalue weighted by atomic mass is 15.0. The molecule has 0 aliphatic carbocycles. The molecular weight excluding hydrogens is 246 g/mol. The summed E-state index contributed by atoms with van der Waals surface area (Å²) < 4.78 is 2.11. The molecule has 0 saturated carbocycles. The Kier molecular flexibility index (Phi) is 15.5. The van der Waals surface area contributed by atoms with Gasteiger partial charge in [-0.05, 0) is 19.0 Å². The number of imidazole rings is 1. The third-order valence-corrected chi connectivity index (χ3v) is 2.26. The maximum atomic E-state index is 5.55. The van der Waals surface area contributed by atoms with Crippen molar-refractivity contribution in [1.82, 2.24) is 9.55 Å². The average Bonchev–Trinajstić information content (AvgIpc) is 2.92. The summed E-state index contributed by atoms with van der Waals surface area (Å²) in [6.07, 6.45) is 12.5. The highest BCUT2D eigenvalue weighted by molar-refractivity contribution is 5.23. The summed E-state index contributed by atoms with van der Waals surface area (Å²) >= 11 is 0. The first-order valence-corrected chi connectivity index (χ1v) is 6.95. The molecule has 3 heteroatoms. The summed E-state index contributed by atoms with van der Waals surface area (Å²) in [6, 6.07) is 0. The average molecular weight is 275 g/mol. The van der Waals surface area contributed by atoms with E-state index >= 15 is 0 Å². The smallest absolute Gasteiger partial charge is 0.0951 e. The van der Waals surface area contributed by atoms with E-state index in [0.717, 1.165) is 13.0 Å². The molecule has 0 aliphatic heterocycles. The van der Waals surface area contributed by atoms with Crippen LogP contribution in [0.4, 0.5) is 0 Å². The minimum Gasteiger partial charge on any atom is -0.330 e. The first-order valence-electron chi connectivity index (χ1n) is 6.95. The number of rotatable bonds is 6. The Balaban J connectivity index is 0. The van der Waals surface area contributed by atoms with Crippen LogP contribution < -0.4 is 5.73 Å². The Bertz CT molecular complexity index is 400. The quantitative estimate of drug-likeness (QED) is 0.632. The summed E-state index contributed by atoms with van der Waals surface area (Å²) in [5, 5.41) is 0. The van der Waals surface area contributed by atoms with Crippen LogP contribution >= 0.6 is 0 Å². The van der Waals surface area contributed by atoms with E-state index in [2.05, 4.69) is 35.4 Å². The van der Waals surface area contributed by atoms with E-state index in [1.807, 2.05) is 45.4 Å². The van der Waals surface area contributed by atoms with E-state index in [4.69, 9.17) is 5.73 Å². The summed E-state index contributed by atoms with van der Waals surface area (Å²) in [4.78, 5) is 4.14. The third kappa shape index (κ3) is 8.27. The minimum absolute atomic E-state index is 0.649. The Morgan fingerprint density at radius 3 is 2.55 bits per heavy atom. The predicted molar refractivity (Wildman–Crippen MR) is 90.7 cm³/mol. The van der Waals surface area contributed by atoms with Crippen LogP contribution in [0.3, 0.4) is 0 Å². The van der Waals surface area contributed by atoms with E-state index in [1.54, 1.807) is 6.08 Å². The van der Waals surface area contributed by atoms with Gasteiger partial charge in [-0.2, -0.15) is 0 Å². The minimum atomic E-state index is 0.649. The number of hydrogen-bond donors (Lipinski definition) is 1. The van der Waals surface area contributed by atoms with Gasteiger partial charge in [-0.3, -0.25) is 0 Å². The molecular formula is C17H29N3. The van der Waals surface area contributed by atoms with E-state index in [0.29, 0.717) is 6.54 Å². The molecule has 0 aliphatic rings. The first-order chi connectivity index (χ1) is 9.81. The molecule has 0 amide bonds. The van der Waals surface area contributed by atoms with Gasteiger partial charge in [-0.25, -0.2) is 4.98 Å². The molecule has 0 spiro atoms. The number of aromatic nitrogens is 2. The fourth-order valence-electron chi connectivity index (χ4n) is 1.57. The maximum Gasteiger partial charge on any atom is 0.0951 e. The van der Waals surface area contributed by atoms with Crippen molar-refractivity contribution in [2.45, 2.75) is 33.7 Å². The molecule has 1 heterocycles. The van der Waals surface area contributed by atoms with Crippen molar-refractivity contribution in [2.75, 3.05) is 6.54 Å². The molecule has 0 atom stereocenters. The summed E-state index contributed by atoms with van der Waals surface area (Å²) in [6.45, 7) is 17.2. The third-order valence-electron chi connectivity index (χ3n) is 2.26. The number of allylic oxidation sites excluding steroid dienone is 5. The Morgan fingerprint density at radius 1 is 1.40 bits per heavy atom. The number of hydrogen-bond acceptors (Lipinski definition) is 2. The van der Waals surface area contributed by atoms with Gasteiger partial charge in [0, 0.05) is 24.9 Å². The fourth-order valence-corrected chi connectivity index (χ4v) is 1.57. The van der Waals surface area contributed by atoms with E-state index < -0.39 is 0 Å². The highest BCUT2D eigenvalue weighted by Gasteiger charge is 2.01. The molecule has 1 aromatic rings. The van der Waals surface area contributed by atoms with Gasteiger partial charge in [0.25, 0.3) is 0 Å². The van der Waals surface area contributed by atoms with E-state index in [1.165, 1.54) is 11.3 Å². The lowest BCUT2D eigenvalue weighted by Crippen LogP contribution is -2.09. The van der Waals surface area contributed by atoms with Crippen molar-refractivity contribution in [3.8, 4) is 0 Å². The van der Waals surface area contributed by atoms with Crippen molar-refractivity contribution in [2.24, 2.45) is 5.73 Å². The Hall–Kier alpha value is -1.87. The van der Waals surface area contributed by atoms with Crippen molar-refractivity contribution >= 4 is 0 Å². The lowest BCUT2D eigenvalue weighted by Gasteiger charge is -2.07. The molecule has 20 heavy (non-hydrogen) atoms. The van der Waals surface area contributed by atoms with Gasteiger partial charge in [-0.1, -0.05) is 44.7 Å². The number of nitrogens with two attached hydrogens (primary N) is 1. The maximum absolute atomic E-state index is 5.55. The van der Waals surface area contributed by atoms with Crippen LogP contribution in [0.2, 0.25) is 0 Å². The molecule has 3 nitrogen and oxygen atoms in total. The molecule has 1 aromatic heterocycles. The van der Waals surface area contributed by atoms with Crippen LogP contribution in [0.5, 0.6) is 0 Å². The fraction of sp³-hybridized carbons (Fsp3) is 0.353. The second-order valence-electron chi connectivity index (χ2n) is 3.53. The van der Waals surface area contributed by atoms with Gasteiger partial charge in [0.15, 0.2) is 0 Å². The van der Waals surface area contributed by atoms with Crippen LogP contribution in [0, 0.1) is 0 Å². The second kappa shape index (κ2) is 15.2. The topological polar surface area (TPSA) is 43.8 Å². The van der Waals surface area contributed by atoms with Gasteiger partial charge < -0.3 is 10.3 Å². The van der Waals surface area contributed by atoms with Gasteiger partial charge >= 0.3 is 0 Å². The van der Waals surface area contributed by atoms with Crippen LogP contribution in [0.25, 0.3) is 0 Å². The van der Waals surface area contributed by atoms with Gasteiger partial charge in [0.1, 0.15) is 0 Å². The largest absolute Gasteiger partial charge is 0.330 e. The van der Waals surface area contributed by atoms with Crippen molar-refractivity contribution in [3.63, 3.8) is 0 Å². The van der Waals surface area contributed by atoms with Crippen molar-refractivity contribution in [1.29, 1.82) is 0 Å². The van der Waals surface area contributed by atoms with Crippen LogP contribution in [0.1, 0.15) is 26.5 Å². The van der Waals surface area contributed by atoms with Crippen LogP contribution in [-0.4, -0.2) is 16.1 Å². The lowest BCUT2D eigenvalue weighted by molar-refractivity contribution is 0.732. The molecule has 112 valence electrons. The second-order valence-corrected chi connectivity index (χ2v) is 3.53. The molecule has 1 rings (SSSR count). The molecule has 0 saturated heterocycles. The Labute approximate surface area is 124 Å². The van der Waals surface area contributed by atoms with Crippen molar-refractivity contribution < 1.29 is 0 Å². The standard InChI is InChI=1S/C13H19N3.C2H6.C2H4/c1-3-5-12(6-4-2)10-16-11-15-9-13(16)7-8-14;2*1-2/h3-6,9,11H,1,7-8,10,14H2,2H3;1-2H3;1-2H2/b6-4-,12-5+;;. The van der Waals surface area contributed by atoms with Crippen LogP contribution in [0.15, 0.2) is 62.1 Å². The molecule has 0 radical (unpaired) electrons. The summed E-state index contributed by atoms with van der Waals surface area (Å²) in [5.74, 6) is 0. The normalized spacial score (nSPS) is 10.3. The zero-order chi connectivity index (χ0) is 15.8. The summed E-state index contributed by atoms with van der Waals surface area (Å²) in [7, 11) is 0. The first kappa shape index (κ1) is 20.4. The highest BCUT2D eigenvalue weighted by Crippen LogP contribution is 2.07. The monoisotopic (exact) mass is 275 g/mol. The predicted octanol–water partition coefficient (Wildman–Crippen LogP) is 3.90. The SMILES string of the molecule is C=C.C=C/C=C(\C=C/C)Cn1cncc1CCN.CC. The van der Waals surface area contributed by atoms with Gasteiger partial charge in [0.05, 0.1) is 6.33 Å². The molecule has 0 fully saturated rings. The molecule has 0 bridgehead atoms.